The van der Waals surface area contributed by atoms with Crippen LogP contribution >= 0.6 is 0 Å². The van der Waals surface area contributed by atoms with E-state index in [1.807, 2.05) is 6.92 Å². The van der Waals surface area contributed by atoms with E-state index in [1.165, 1.54) is 29.4 Å². The predicted molar refractivity (Wildman–Crippen MR) is 89.0 cm³/mol. The van der Waals surface area contributed by atoms with E-state index < -0.39 is 6.10 Å². The minimum absolute atomic E-state index is 0.373. The third-order valence-corrected chi connectivity index (χ3v) is 4.48. The SMILES string of the molecule is CCOC[C@H](O)CN1CCCC[C@@H]1c1cc2ccccc2[nH]1. The summed E-state index contributed by atoms with van der Waals surface area (Å²) < 4.78 is 5.34. The minimum Gasteiger partial charge on any atom is -0.389 e. The first kappa shape index (κ1) is 15.5. The number of hydrogen-bond acceptors (Lipinski definition) is 3. The Morgan fingerprint density at radius 3 is 3.05 bits per heavy atom. The molecule has 0 spiro atoms. The maximum absolute atomic E-state index is 10.2. The van der Waals surface area contributed by atoms with Crippen LogP contribution < -0.4 is 0 Å². The molecule has 2 heterocycles. The molecule has 1 aromatic carbocycles. The van der Waals surface area contributed by atoms with Crippen LogP contribution in [0.25, 0.3) is 10.9 Å². The van der Waals surface area contributed by atoms with Gasteiger partial charge in [-0.15, -0.1) is 0 Å². The molecule has 4 heteroatoms. The molecule has 4 nitrogen and oxygen atoms in total. The number of nitrogens with zero attached hydrogens (tertiary/aromatic N) is 1. The topological polar surface area (TPSA) is 48.5 Å². The molecule has 1 saturated heterocycles. The largest absolute Gasteiger partial charge is 0.389 e. The van der Waals surface area contributed by atoms with E-state index in [2.05, 4.69) is 40.2 Å². The normalized spacial score (nSPS) is 21.3. The Bertz CT molecular complexity index is 563. The number of aliphatic hydroxyl groups excluding tert-OH is 1. The number of para-hydroxylation sites is 1. The number of aromatic nitrogens is 1. The average molecular weight is 302 g/mol. The van der Waals surface area contributed by atoms with Gasteiger partial charge in [0.15, 0.2) is 0 Å². The summed E-state index contributed by atoms with van der Waals surface area (Å²) in [7, 11) is 0. The van der Waals surface area contributed by atoms with Crippen LogP contribution in [-0.2, 0) is 4.74 Å². The van der Waals surface area contributed by atoms with E-state index in [0.29, 0.717) is 25.8 Å². The first-order valence-electron chi connectivity index (χ1n) is 8.35. The number of fused-ring (bicyclic) bond motifs is 1. The number of ether oxygens (including phenoxy) is 1. The Kier molecular flexibility index (Phi) is 5.13. The van der Waals surface area contributed by atoms with Crippen LogP contribution in [0.5, 0.6) is 0 Å². The maximum Gasteiger partial charge on any atom is 0.0900 e. The van der Waals surface area contributed by atoms with Crippen LogP contribution in [0.1, 0.15) is 37.9 Å². The molecule has 1 aliphatic heterocycles. The smallest absolute Gasteiger partial charge is 0.0900 e. The van der Waals surface area contributed by atoms with Gasteiger partial charge in [-0.05, 0) is 43.8 Å². The van der Waals surface area contributed by atoms with E-state index >= 15 is 0 Å². The number of piperidine rings is 1. The van der Waals surface area contributed by atoms with Crippen molar-refractivity contribution in [2.75, 3.05) is 26.3 Å². The monoisotopic (exact) mass is 302 g/mol. The average Bonchev–Trinajstić information content (AvgIpc) is 2.97. The second kappa shape index (κ2) is 7.27. The standard InChI is InChI=1S/C18H26N2O2/c1-2-22-13-15(21)12-20-10-6-5-9-18(20)17-11-14-7-3-4-8-16(14)19-17/h3-4,7-8,11,15,18-19,21H,2,5-6,9-10,12-13H2,1H3/t15-,18-/m1/s1. The summed E-state index contributed by atoms with van der Waals surface area (Å²) >= 11 is 0. The minimum atomic E-state index is -0.412. The number of rotatable bonds is 6. The Hall–Kier alpha value is -1.36. The van der Waals surface area contributed by atoms with Gasteiger partial charge in [-0.1, -0.05) is 24.6 Å². The lowest BCUT2D eigenvalue weighted by atomic mass is 9.99. The molecule has 1 aliphatic rings. The van der Waals surface area contributed by atoms with Crippen molar-refractivity contribution in [1.29, 1.82) is 0 Å². The molecule has 0 bridgehead atoms. The molecule has 2 atom stereocenters. The molecule has 3 rings (SSSR count). The third-order valence-electron chi connectivity index (χ3n) is 4.48. The zero-order chi connectivity index (χ0) is 15.4. The fourth-order valence-corrected chi connectivity index (χ4v) is 3.41. The lowest BCUT2D eigenvalue weighted by molar-refractivity contribution is 0.00474. The Labute approximate surface area is 132 Å². The van der Waals surface area contributed by atoms with E-state index in [-0.39, 0.29) is 0 Å². The van der Waals surface area contributed by atoms with Gasteiger partial charge in [-0.25, -0.2) is 0 Å². The van der Waals surface area contributed by atoms with Gasteiger partial charge in [0.05, 0.1) is 12.7 Å². The molecule has 2 N–H and O–H groups in total. The maximum atomic E-state index is 10.2. The number of hydrogen-bond donors (Lipinski definition) is 2. The van der Waals surface area contributed by atoms with Crippen molar-refractivity contribution in [1.82, 2.24) is 9.88 Å². The number of H-pyrrole nitrogens is 1. The highest BCUT2D eigenvalue weighted by Crippen LogP contribution is 2.32. The number of likely N-dealkylation sites (tertiary alicyclic amines) is 1. The molecule has 22 heavy (non-hydrogen) atoms. The van der Waals surface area contributed by atoms with Crippen LogP contribution in [0.3, 0.4) is 0 Å². The lowest BCUT2D eigenvalue weighted by Gasteiger charge is -2.36. The molecule has 1 aromatic heterocycles. The molecule has 0 aliphatic carbocycles. The molecule has 0 unspecified atom stereocenters. The second-order valence-corrected chi connectivity index (χ2v) is 6.13. The van der Waals surface area contributed by atoms with Gasteiger partial charge in [0.2, 0.25) is 0 Å². The first-order valence-corrected chi connectivity index (χ1v) is 8.35. The molecule has 0 amide bonds. The fourth-order valence-electron chi connectivity index (χ4n) is 3.41. The number of benzene rings is 1. The zero-order valence-corrected chi connectivity index (χ0v) is 13.3. The molecule has 1 fully saturated rings. The summed E-state index contributed by atoms with van der Waals surface area (Å²) in [4.78, 5) is 5.96. The molecule has 2 aromatic rings. The molecule has 0 radical (unpaired) electrons. The third kappa shape index (κ3) is 3.51. The van der Waals surface area contributed by atoms with E-state index in [0.717, 1.165) is 13.0 Å². The van der Waals surface area contributed by atoms with Gasteiger partial charge in [0.25, 0.3) is 0 Å². The summed E-state index contributed by atoms with van der Waals surface area (Å²) in [5.41, 5.74) is 2.46. The van der Waals surface area contributed by atoms with Gasteiger partial charge in [0, 0.05) is 30.4 Å². The number of β-amino-alcohol motifs (C(OH)–C–C–N with tert-alkyl or cyclic N) is 1. The molecule has 120 valence electrons. The number of nitrogens with one attached hydrogen (secondary N) is 1. The summed E-state index contributed by atoms with van der Waals surface area (Å²) in [5.74, 6) is 0. The Balaban J connectivity index is 1.74. The van der Waals surface area contributed by atoms with E-state index in [1.54, 1.807) is 0 Å². The molecular weight excluding hydrogens is 276 g/mol. The summed E-state index contributed by atoms with van der Waals surface area (Å²) in [6.45, 7) is 4.76. The van der Waals surface area contributed by atoms with Crippen molar-refractivity contribution in [2.45, 2.75) is 38.3 Å². The van der Waals surface area contributed by atoms with Crippen LogP contribution in [0.4, 0.5) is 0 Å². The molecular formula is C18H26N2O2. The van der Waals surface area contributed by atoms with Crippen molar-refractivity contribution < 1.29 is 9.84 Å². The number of aliphatic hydroxyl groups is 1. The fraction of sp³-hybridized carbons (Fsp3) is 0.556. The predicted octanol–water partition coefficient (Wildman–Crippen LogP) is 3.09. The van der Waals surface area contributed by atoms with Crippen LogP contribution in [0, 0.1) is 0 Å². The highest BCUT2D eigenvalue weighted by molar-refractivity contribution is 5.80. The van der Waals surface area contributed by atoms with Crippen molar-refractivity contribution in [3.8, 4) is 0 Å². The highest BCUT2D eigenvalue weighted by atomic mass is 16.5. The second-order valence-electron chi connectivity index (χ2n) is 6.13. The van der Waals surface area contributed by atoms with Gasteiger partial charge in [-0.3, -0.25) is 4.90 Å². The molecule has 0 saturated carbocycles. The van der Waals surface area contributed by atoms with E-state index in [9.17, 15) is 5.11 Å². The van der Waals surface area contributed by atoms with E-state index in [4.69, 9.17) is 4.74 Å². The summed E-state index contributed by atoms with van der Waals surface area (Å²) in [5, 5.41) is 11.4. The van der Waals surface area contributed by atoms with Gasteiger partial charge in [0.1, 0.15) is 0 Å². The van der Waals surface area contributed by atoms with Crippen LogP contribution in [0.2, 0.25) is 0 Å². The highest BCUT2D eigenvalue weighted by Gasteiger charge is 2.26. The summed E-state index contributed by atoms with van der Waals surface area (Å²) in [6.07, 6.45) is 3.19. The van der Waals surface area contributed by atoms with Crippen molar-refractivity contribution in [3.63, 3.8) is 0 Å². The number of aromatic amines is 1. The zero-order valence-electron chi connectivity index (χ0n) is 13.3. The lowest BCUT2D eigenvalue weighted by Crippen LogP contribution is -2.40. The Morgan fingerprint density at radius 2 is 2.23 bits per heavy atom. The van der Waals surface area contributed by atoms with Gasteiger partial charge in [-0.2, -0.15) is 0 Å². The van der Waals surface area contributed by atoms with Crippen LogP contribution in [0.15, 0.2) is 30.3 Å². The van der Waals surface area contributed by atoms with Gasteiger partial charge < -0.3 is 14.8 Å². The summed E-state index contributed by atoms with van der Waals surface area (Å²) in [6, 6.07) is 11.0. The van der Waals surface area contributed by atoms with Crippen LogP contribution in [-0.4, -0.2) is 47.4 Å². The first-order chi connectivity index (χ1) is 10.8. The van der Waals surface area contributed by atoms with Gasteiger partial charge >= 0.3 is 0 Å². The van der Waals surface area contributed by atoms with Crippen molar-refractivity contribution in [3.05, 3.63) is 36.0 Å². The quantitative estimate of drug-likeness (QED) is 0.862. The van der Waals surface area contributed by atoms with Crippen molar-refractivity contribution >= 4 is 10.9 Å². The Morgan fingerprint density at radius 1 is 1.36 bits per heavy atom. The van der Waals surface area contributed by atoms with Crippen molar-refractivity contribution in [2.24, 2.45) is 0 Å².